The van der Waals surface area contributed by atoms with Gasteiger partial charge < -0.3 is 10.1 Å². The molecule has 1 heterocycles. The Labute approximate surface area is 110 Å². The molecule has 96 valence electrons. The number of nitrogens with one attached hydrogen (secondary N) is 1. The number of aryl methyl sites for hydroxylation is 2. The van der Waals surface area contributed by atoms with Gasteiger partial charge >= 0.3 is 5.97 Å². The van der Waals surface area contributed by atoms with Crippen LogP contribution in [0.3, 0.4) is 0 Å². The zero-order chi connectivity index (χ0) is 13.4. The second kappa shape index (κ2) is 4.39. The van der Waals surface area contributed by atoms with Crippen molar-refractivity contribution in [2.45, 2.75) is 19.3 Å². The minimum atomic E-state index is -1.06. The summed E-state index contributed by atoms with van der Waals surface area (Å²) in [6, 6.07) is 7.12. The smallest absolute Gasteiger partial charge is 0.352 e. The summed E-state index contributed by atoms with van der Waals surface area (Å²) < 4.78 is 0. The van der Waals surface area contributed by atoms with Crippen LogP contribution in [0.2, 0.25) is 0 Å². The normalized spacial score (nSPS) is 13.3. The highest BCUT2D eigenvalue weighted by atomic mass is 16.4. The van der Waals surface area contributed by atoms with E-state index in [1.54, 1.807) is 0 Å². The number of hydrogen-bond donors (Lipinski definition) is 2. The Morgan fingerprint density at radius 2 is 1.84 bits per heavy atom. The number of carboxylic acids is 1. The van der Waals surface area contributed by atoms with E-state index in [1.807, 2.05) is 18.2 Å². The first-order valence-corrected chi connectivity index (χ1v) is 6.23. The summed E-state index contributed by atoms with van der Waals surface area (Å²) in [5.41, 5.74) is 3.59. The van der Waals surface area contributed by atoms with Gasteiger partial charge in [0.1, 0.15) is 5.69 Å². The van der Waals surface area contributed by atoms with Crippen LogP contribution in [0, 0.1) is 0 Å². The van der Waals surface area contributed by atoms with Crippen LogP contribution in [0.4, 0.5) is 0 Å². The molecule has 0 aliphatic heterocycles. The molecule has 2 N–H and O–H groups in total. The van der Waals surface area contributed by atoms with E-state index in [1.165, 1.54) is 23.4 Å². The lowest BCUT2D eigenvalue weighted by Crippen LogP contribution is -2.01. The van der Waals surface area contributed by atoms with Crippen molar-refractivity contribution in [3.63, 3.8) is 0 Å². The van der Waals surface area contributed by atoms with Crippen LogP contribution in [0.15, 0.2) is 30.5 Å². The number of aromatic nitrogens is 1. The van der Waals surface area contributed by atoms with E-state index < -0.39 is 5.97 Å². The summed E-state index contributed by atoms with van der Waals surface area (Å²) in [6.07, 6.45) is 4.68. The molecule has 1 aromatic carbocycles. The Morgan fingerprint density at radius 3 is 2.58 bits per heavy atom. The van der Waals surface area contributed by atoms with Gasteiger partial charge in [0, 0.05) is 17.3 Å². The third-order valence-corrected chi connectivity index (χ3v) is 3.54. The Morgan fingerprint density at radius 1 is 1.05 bits per heavy atom. The molecule has 4 heteroatoms. The van der Waals surface area contributed by atoms with Crippen LogP contribution in [0.25, 0.3) is 0 Å². The fraction of sp³-hybridized carbons (Fsp3) is 0.200. The first kappa shape index (κ1) is 11.7. The highest BCUT2D eigenvalue weighted by Crippen LogP contribution is 2.24. The van der Waals surface area contributed by atoms with Gasteiger partial charge in [-0.3, -0.25) is 4.79 Å². The molecule has 0 spiro atoms. The SMILES string of the molecule is O=C(c1c[nH]c(C(=O)O)c1)c1ccc2c(c1)CCC2. The molecule has 0 radical (unpaired) electrons. The standard InChI is InChI=1S/C15H13NO3/c17-14(12-7-13(15(18)19)16-8-12)11-5-4-9-2-1-3-10(9)6-11/h4-8,16H,1-3H2,(H,18,19). The van der Waals surface area contributed by atoms with Gasteiger partial charge in [-0.1, -0.05) is 12.1 Å². The molecule has 0 amide bonds. The molecule has 19 heavy (non-hydrogen) atoms. The molecule has 4 nitrogen and oxygen atoms in total. The van der Waals surface area contributed by atoms with Crippen molar-refractivity contribution in [3.05, 3.63) is 58.4 Å². The molecule has 0 fully saturated rings. The van der Waals surface area contributed by atoms with Gasteiger partial charge in [0.15, 0.2) is 5.78 Å². The predicted octanol–water partition coefficient (Wildman–Crippen LogP) is 2.43. The number of ketones is 1. The second-order valence-corrected chi connectivity index (χ2v) is 4.77. The van der Waals surface area contributed by atoms with Crippen molar-refractivity contribution < 1.29 is 14.7 Å². The zero-order valence-electron chi connectivity index (χ0n) is 10.3. The Balaban J connectivity index is 1.92. The number of aromatic carboxylic acids is 1. The van der Waals surface area contributed by atoms with Crippen LogP contribution in [-0.4, -0.2) is 21.8 Å². The summed E-state index contributed by atoms with van der Waals surface area (Å²) in [6.45, 7) is 0. The number of benzene rings is 1. The molecule has 0 bridgehead atoms. The molecule has 1 aliphatic carbocycles. The Bertz CT molecular complexity index is 670. The van der Waals surface area contributed by atoms with E-state index in [-0.39, 0.29) is 11.5 Å². The van der Waals surface area contributed by atoms with Gasteiger partial charge in [-0.15, -0.1) is 0 Å². The minimum absolute atomic E-state index is 0.0320. The molecule has 0 atom stereocenters. The lowest BCUT2D eigenvalue weighted by Gasteiger charge is -2.02. The summed E-state index contributed by atoms with van der Waals surface area (Å²) in [4.78, 5) is 25.6. The monoisotopic (exact) mass is 255 g/mol. The lowest BCUT2D eigenvalue weighted by molar-refractivity contribution is 0.0691. The summed E-state index contributed by atoms with van der Waals surface area (Å²) in [5, 5.41) is 8.83. The molecular weight excluding hydrogens is 242 g/mol. The van der Waals surface area contributed by atoms with Gasteiger partial charge in [0.05, 0.1) is 0 Å². The number of carbonyl (C=O) groups is 2. The third kappa shape index (κ3) is 2.05. The van der Waals surface area contributed by atoms with Crippen molar-refractivity contribution in [2.75, 3.05) is 0 Å². The Kier molecular flexibility index (Phi) is 2.71. The molecule has 1 aliphatic rings. The second-order valence-electron chi connectivity index (χ2n) is 4.77. The lowest BCUT2D eigenvalue weighted by atomic mass is 10.0. The van der Waals surface area contributed by atoms with Gasteiger partial charge in [0.25, 0.3) is 0 Å². The quantitative estimate of drug-likeness (QED) is 0.827. The van der Waals surface area contributed by atoms with Crippen molar-refractivity contribution in [1.29, 1.82) is 0 Å². The van der Waals surface area contributed by atoms with E-state index in [9.17, 15) is 9.59 Å². The predicted molar refractivity (Wildman–Crippen MR) is 69.7 cm³/mol. The molecule has 2 aromatic rings. The summed E-state index contributed by atoms with van der Waals surface area (Å²) in [7, 11) is 0. The van der Waals surface area contributed by atoms with E-state index >= 15 is 0 Å². The van der Waals surface area contributed by atoms with E-state index in [4.69, 9.17) is 5.11 Å². The zero-order valence-corrected chi connectivity index (χ0v) is 10.3. The molecule has 0 unspecified atom stereocenters. The largest absolute Gasteiger partial charge is 0.477 e. The van der Waals surface area contributed by atoms with Gasteiger partial charge in [-0.25, -0.2) is 4.79 Å². The van der Waals surface area contributed by atoms with Crippen molar-refractivity contribution in [3.8, 4) is 0 Å². The number of hydrogen-bond acceptors (Lipinski definition) is 2. The van der Waals surface area contributed by atoms with Crippen LogP contribution in [0.1, 0.15) is 44.0 Å². The van der Waals surface area contributed by atoms with Crippen LogP contribution < -0.4 is 0 Å². The topological polar surface area (TPSA) is 70.2 Å². The Hall–Kier alpha value is -2.36. The number of carboxylic acid groups (broad SMARTS) is 1. The minimum Gasteiger partial charge on any atom is -0.477 e. The van der Waals surface area contributed by atoms with Crippen molar-refractivity contribution in [2.24, 2.45) is 0 Å². The molecule has 0 saturated heterocycles. The fourth-order valence-corrected chi connectivity index (χ4v) is 2.53. The highest BCUT2D eigenvalue weighted by Gasteiger charge is 2.17. The van der Waals surface area contributed by atoms with E-state index in [0.29, 0.717) is 11.1 Å². The number of H-pyrrole nitrogens is 1. The van der Waals surface area contributed by atoms with Crippen LogP contribution in [-0.2, 0) is 12.8 Å². The van der Waals surface area contributed by atoms with Gasteiger partial charge in [0.2, 0.25) is 0 Å². The molecule has 1 aromatic heterocycles. The first-order chi connectivity index (χ1) is 9.15. The van der Waals surface area contributed by atoms with E-state index in [0.717, 1.165) is 19.3 Å². The van der Waals surface area contributed by atoms with Gasteiger partial charge in [-0.05, 0) is 42.5 Å². The molecule has 3 rings (SSSR count). The average molecular weight is 255 g/mol. The van der Waals surface area contributed by atoms with Crippen molar-refractivity contribution in [1.82, 2.24) is 4.98 Å². The van der Waals surface area contributed by atoms with Crippen molar-refractivity contribution >= 4 is 11.8 Å². The molecular formula is C15H13NO3. The maximum atomic E-state index is 12.3. The third-order valence-electron chi connectivity index (χ3n) is 3.54. The molecule has 0 saturated carbocycles. The number of aromatic amines is 1. The fourth-order valence-electron chi connectivity index (χ4n) is 2.53. The van der Waals surface area contributed by atoms with Crippen LogP contribution in [0.5, 0.6) is 0 Å². The maximum Gasteiger partial charge on any atom is 0.352 e. The van der Waals surface area contributed by atoms with Crippen LogP contribution >= 0.6 is 0 Å². The summed E-state index contributed by atoms with van der Waals surface area (Å²) in [5.74, 6) is -1.20. The maximum absolute atomic E-state index is 12.3. The number of rotatable bonds is 3. The van der Waals surface area contributed by atoms with E-state index in [2.05, 4.69) is 4.98 Å². The number of fused-ring (bicyclic) bond motifs is 1. The first-order valence-electron chi connectivity index (χ1n) is 6.23. The average Bonchev–Trinajstić information content (AvgIpc) is 3.06. The summed E-state index contributed by atoms with van der Waals surface area (Å²) >= 11 is 0. The van der Waals surface area contributed by atoms with Gasteiger partial charge in [-0.2, -0.15) is 0 Å². The number of carbonyl (C=O) groups excluding carboxylic acids is 1. The highest BCUT2D eigenvalue weighted by molar-refractivity contribution is 6.10.